The first-order valence-electron chi connectivity index (χ1n) is 8.58. The largest absolute Gasteiger partial charge is 0.493 e. The van der Waals surface area contributed by atoms with Gasteiger partial charge in [0.05, 0.1) is 20.8 Å². The fourth-order valence-electron chi connectivity index (χ4n) is 3.05. The first-order chi connectivity index (χ1) is 12.6. The monoisotopic (exact) mass is 357 g/mol. The maximum Gasteiger partial charge on any atom is 0.188 e. The van der Waals surface area contributed by atoms with Gasteiger partial charge in [-0.05, 0) is 42.2 Å². The van der Waals surface area contributed by atoms with Crippen LogP contribution in [0.15, 0.2) is 47.5 Å². The van der Waals surface area contributed by atoms with Crippen LogP contribution in [0.4, 0.5) is 4.39 Å². The van der Waals surface area contributed by atoms with Crippen molar-refractivity contribution in [3.8, 4) is 11.5 Å². The zero-order valence-corrected chi connectivity index (χ0v) is 15.1. The molecule has 3 N–H and O–H groups in total. The first-order valence-corrected chi connectivity index (χ1v) is 8.58. The van der Waals surface area contributed by atoms with Crippen molar-refractivity contribution in [2.45, 2.75) is 24.8 Å². The van der Waals surface area contributed by atoms with Crippen LogP contribution in [-0.4, -0.2) is 26.7 Å². The number of hydrogen-bond donors (Lipinski definition) is 2. The van der Waals surface area contributed by atoms with Gasteiger partial charge in [0.15, 0.2) is 17.5 Å². The Morgan fingerprint density at radius 3 is 2.54 bits per heavy atom. The molecular formula is C20H24FN3O2. The molecule has 5 nitrogen and oxygen atoms in total. The van der Waals surface area contributed by atoms with E-state index in [2.05, 4.69) is 10.3 Å². The van der Waals surface area contributed by atoms with Gasteiger partial charge in [0.25, 0.3) is 0 Å². The van der Waals surface area contributed by atoms with Crippen LogP contribution in [0.5, 0.6) is 11.5 Å². The zero-order valence-electron chi connectivity index (χ0n) is 15.1. The van der Waals surface area contributed by atoms with Crippen LogP contribution in [0.3, 0.4) is 0 Å². The van der Waals surface area contributed by atoms with Crippen molar-refractivity contribution in [3.05, 3.63) is 59.4 Å². The molecule has 0 aromatic heterocycles. The highest BCUT2D eigenvalue weighted by molar-refractivity contribution is 5.78. The van der Waals surface area contributed by atoms with Gasteiger partial charge in [-0.3, -0.25) is 0 Å². The predicted octanol–water partition coefficient (Wildman–Crippen LogP) is 2.98. The Morgan fingerprint density at radius 2 is 1.88 bits per heavy atom. The lowest BCUT2D eigenvalue weighted by molar-refractivity contribution is 0.354. The van der Waals surface area contributed by atoms with Crippen LogP contribution in [0.2, 0.25) is 0 Å². The summed E-state index contributed by atoms with van der Waals surface area (Å²) in [5.74, 6) is 1.52. The number of hydrogen-bond acceptors (Lipinski definition) is 3. The minimum atomic E-state index is -0.172. The first kappa shape index (κ1) is 18.0. The summed E-state index contributed by atoms with van der Waals surface area (Å²) < 4.78 is 24.6. The summed E-state index contributed by atoms with van der Waals surface area (Å²) in [7, 11) is 3.19. The summed E-state index contributed by atoms with van der Waals surface area (Å²) >= 11 is 0. The lowest BCUT2D eigenvalue weighted by atomic mass is 9.95. The molecule has 2 aromatic carbocycles. The fraction of sp³-hybridized carbons (Fsp3) is 0.350. The summed E-state index contributed by atoms with van der Waals surface area (Å²) in [5, 5.41) is 3.14. The average molecular weight is 357 g/mol. The zero-order chi connectivity index (χ0) is 18.6. The second kappa shape index (κ2) is 7.64. The van der Waals surface area contributed by atoms with E-state index in [9.17, 15) is 4.39 Å². The van der Waals surface area contributed by atoms with Gasteiger partial charge in [-0.15, -0.1) is 0 Å². The van der Waals surface area contributed by atoms with E-state index in [1.165, 1.54) is 6.07 Å². The molecular weight excluding hydrogens is 333 g/mol. The molecule has 0 amide bonds. The van der Waals surface area contributed by atoms with E-state index >= 15 is 0 Å². The summed E-state index contributed by atoms with van der Waals surface area (Å²) in [4.78, 5) is 4.37. The van der Waals surface area contributed by atoms with Gasteiger partial charge in [-0.2, -0.15) is 0 Å². The Morgan fingerprint density at radius 1 is 1.15 bits per heavy atom. The van der Waals surface area contributed by atoms with Gasteiger partial charge in [-0.1, -0.05) is 24.3 Å². The third kappa shape index (κ3) is 3.90. The van der Waals surface area contributed by atoms with Crippen LogP contribution in [0.1, 0.15) is 24.0 Å². The molecule has 0 heterocycles. The number of benzene rings is 2. The third-order valence-electron chi connectivity index (χ3n) is 4.79. The number of guanidine groups is 1. The number of nitrogens with zero attached hydrogens (tertiary/aromatic N) is 1. The van der Waals surface area contributed by atoms with Crippen molar-refractivity contribution < 1.29 is 13.9 Å². The van der Waals surface area contributed by atoms with Crippen molar-refractivity contribution in [2.24, 2.45) is 10.7 Å². The number of nitrogens with one attached hydrogen (secondary N) is 1. The van der Waals surface area contributed by atoms with Gasteiger partial charge < -0.3 is 20.5 Å². The van der Waals surface area contributed by atoms with Crippen molar-refractivity contribution in [2.75, 3.05) is 20.8 Å². The van der Waals surface area contributed by atoms with Crippen LogP contribution in [0.25, 0.3) is 0 Å². The van der Waals surface area contributed by atoms with Gasteiger partial charge >= 0.3 is 0 Å². The van der Waals surface area contributed by atoms with E-state index < -0.39 is 0 Å². The van der Waals surface area contributed by atoms with Crippen molar-refractivity contribution in [1.82, 2.24) is 5.32 Å². The molecule has 0 saturated heterocycles. The van der Waals surface area contributed by atoms with Gasteiger partial charge in [0.1, 0.15) is 5.82 Å². The highest BCUT2D eigenvalue weighted by atomic mass is 19.1. The van der Waals surface area contributed by atoms with Crippen LogP contribution >= 0.6 is 0 Å². The molecule has 3 rings (SSSR count). The smallest absolute Gasteiger partial charge is 0.188 e. The lowest BCUT2D eigenvalue weighted by Gasteiger charge is -2.17. The van der Waals surface area contributed by atoms with Gasteiger partial charge in [-0.25, -0.2) is 9.38 Å². The van der Waals surface area contributed by atoms with E-state index in [1.807, 2.05) is 30.3 Å². The summed E-state index contributed by atoms with van der Waals surface area (Å²) in [6.07, 6.45) is 1.90. The fourth-order valence-corrected chi connectivity index (χ4v) is 3.05. The second-order valence-electron chi connectivity index (χ2n) is 6.50. The molecule has 0 bridgehead atoms. The molecule has 1 aliphatic rings. The third-order valence-corrected chi connectivity index (χ3v) is 4.79. The number of nitrogens with two attached hydrogens (primary N) is 1. The average Bonchev–Trinajstić information content (AvgIpc) is 3.45. The van der Waals surface area contributed by atoms with E-state index in [-0.39, 0.29) is 11.2 Å². The highest BCUT2D eigenvalue weighted by Gasteiger charge is 2.45. The minimum absolute atomic E-state index is 0.160. The molecule has 0 radical (unpaired) electrons. The van der Waals surface area contributed by atoms with Crippen molar-refractivity contribution in [1.29, 1.82) is 0 Å². The Kier molecular flexibility index (Phi) is 5.30. The number of methoxy groups -OCH3 is 2. The Hall–Kier alpha value is -2.76. The number of aliphatic imine (C=N–C) groups is 1. The predicted molar refractivity (Wildman–Crippen MR) is 100 cm³/mol. The van der Waals surface area contributed by atoms with E-state index in [1.54, 1.807) is 20.3 Å². The maximum absolute atomic E-state index is 14.0. The Bertz CT molecular complexity index is 803. The second-order valence-corrected chi connectivity index (χ2v) is 6.50. The molecule has 6 heteroatoms. The highest BCUT2D eigenvalue weighted by Crippen LogP contribution is 2.48. The molecule has 0 aliphatic heterocycles. The van der Waals surface area contributed by atoms with Crippen LogP contribution in [-0.2, 0) is 12.0 Å². The van der Waals surface area contributed by atoms with E-state index in [0.717, 1.165) is 24.0 Å². The normalized spacial score (nSPS) is 15.4. The van der Waals surface area contributed by atoms with E-state index in [0.29, 0.717) is 30.5 Å². The standard InChI is InChI=1S/C20H24FN3O2/c1-25-17-8-7-14(11-18(17)26-2)12-23-19(22)24-13-20(9-10-20)15-5-3-4-6-16(15)21/h3-8,11H,9-10,12-13H2,1-2H3,(H3,22,23,24). The SMILES string of the molecule is COc1ccc(CN=C(N)NCC2(c3ccccc3F)CC2)cc1OC. The minimum Gasteiger partial charge on any atom is -0.493 e. The number of ether oxygens (including phenoxy) is 2. The topological polar surface area (TPSA) is 68.9 Å². The molecule has 138 valence electrons. The molecule has 1 saturated carbocycles. The van der Waals surface area contributed by atoms with Gasteiger partial charge in [0, 0.05) is 12.0 Å². The van der Waals surface area contributed by atoms with Crippen molar-refractivity contribution in [3.63, 3.8) is 0 Å². The van der Waals surface area contributed by atoms with E-state index in [4.69, 9.17) is 15.2 Å². The number of halogens is 1. The molecule has 26 heavy (non-hydrogen) atoms. The molecule has 0 spiro atoms. The maximum atomic E-state index is 14.0. The molecule has 0 atom stereocenters. The molecule has 1 aliphatic carbocycles. The summed E-state index contributed by atoms with van der Waals surface area (Å²) in [6.45, 7) is 1.00. The number of rotatable bonds is 7. The summed E-state index contributed by atoms with van der Waals surface area (Å²) in [5.41, 5.74) is 7.53. The van der Waals surface area contributed by atoms with Gasteiger partial charge in [0.2, 0.25) is 0 Å². The molecule has 1 fully saturated rings. The lowest BCUT2D eigenvalue weighted by Crippen LogP contribution is -2.37. The summed E-state index contributed by atoms with van der Waals surface area (Å²) in [6, 6.07) is 12.6. The Labute approximate surface area is 153 Å². The molecule has 2 aromatic rings. The molecule has 0 unspecified atom stereocenters. The quantitative estimate of drug-likeness (QED) is 0.590. The van der Waals surface area contributed by atoms with Crippen LogP contribution < -0.4 is 20.5 Å². The van der Waals surface area contributed by atoms with Crippen LogP contribution in [0, 0.1) is 5.82 Å². The Balaban J connectivity index is 1.60. The van der Waals surface area contributed by atoms with Crippen molar-refractivity contribution >= 4 is 5.96 Å².